The Bertz CT molecular complexity index is 1520. The van der Waals surface area contributed by atoms with Crippen LogP contribution in [0.15, 0.2) is 71.2 Å². The van der Waals surface area contributed by atoms with Crippen LogP contribution in [0.1, 0.15) is 57.0 Å². The molecule has 2 aromatic carbocycles. The van der Waals surface area contributed by atoms with Gasteiger partial charge in [-0.2, -0.15) is 15.6 Å². The van der Waals surface area contributed by atoms with Crippen molar-refractivity contribution in [3.63, 3.8) is 0 Å². The minimum atomic E-state index is 0.0399. The third-order valence-electron chi connectivity index (χ3n) is 6.48. The standard InChI is InChI=1S/C31H32N2S/c1-20(2)15-28-30-25(12-14-34-30)26(19-32-28)22-11-13-33(6)29(18-22)23-16-21-9-7-8-10-24(21)27(17-23)31(3,4)5/h7-14,16-20H,6,15H2,1-5H3. The number of hydrogen-bond donors (Lipinski definition) is 0. The first kappa shape index (κ1) is 22.6. The van der Waals surface area contributed by atoms with E-state index < -0.39 is 0 Å². The smallest absolute Gasteiger partial charge is 0.217 e. The average Bonchev–Trinajstić information content (AvgIpc) is 3.29. The van der Waals surface area contributed by atoms with Crippen LogP contribution in [0.2, 0.25) is 0 Å². The summed E-state index contributed by atoms with van der Waals surface area (Å²) in [6.45, 7) is 15.7. The predicted molar refractivity (Wildman–Crippen MR) is 146 cm³/mol. The fraction of sp³-hybridized carbons (Fsp3) is 0.258. The van der Waals surface area contributed by atoms with Crippen LogP contribution in [0.25, 0.3) is 27.6 Å². The van der Waals surface area contributed by atoms with Gasteiger partial charge in [0.2, 0.25) is 5.69 Å². The maximum absolute atomic E-state index is 4.90. The molecule has 2 nitrogen and oxygen atoms in total. The molecule has 3 heteroatoms. The largest absolute Gasteiger partial charge is 0.386 e. The summed E-state index contributed by atoms with van der Waals surface area (Å²) in [5.41, 5.74) is 6.15. The molecule has 1 aliphatic rings. The lowest BCUT2D eigenvalue weighted by molar-refractivity contribution is -0.486. The molecule has 0 saturated heterocycles. The number of thiophene rings is 1. The van der Waals surface area contributed by atoms with Gasteiger partial charge in [0.25, 0.3) is 0 Å². The third-order valence-corrected chi connectivity index (χ3v) is 7.44. The van der Waals surface area contributed by atoms with Crippen LogP contribution >= 0.6 is 11.3 Å². The molecule has 5 rings (SSSR count). The van der Waals surface area contributed by atoms with Gasteiger partial charge in [-0.1, -0.05) is 94.4 Å². The Morgan fingerprint density at radius 2 is 1.85 bits per heavy atom. The lowest BCUT2D eigenvalue weighted by atomic mass is 9.82. The molecule has 0 atom stereocenters. The lowest BCUT2D eigenvalue weighted by Gasteiger charge is -2.29. The van der Waals surface area contributed by atoms with Crippen molar-refractivity contribution in [3.05, 3.63) is 100 Å². The van der Waals surface area contributed by atoms with Crippen molar-refractivity contribution >= 4 is 33.9 Å². The van der Waals surface area contributed by atoms with E-state index in [1.54, 1.807) is 11.3 Å². The van der Waals surface area contributed by atoms with Crippen molar-refractivity contribution in [2.24, 2.45) is 10.9 Å². The zero-order valence-corrected chi connectivity index (χ0v) is 21.5. The Hall–Kier alpha value is -3.17. The molecule has 34 heavy (non-hydrogen) atoms. The van der Waals surface area contributed by atoms with Crippen molar-refractivity contribution < 1.29 is 4.24 Å². The van der Waals surface area contributed by atoms with E-state index in [2.05, 4.69) is 114 Å². The molecule has 0 unspecified atom stereocenters. The number of hydrogen-bond acceptors (Lipinski definition) is 2. The molecule has 0 amide bonds. The van der Waals surface area contributed by atoms with Gasteiger partial charge in [-0.15, -0.1) is 11.1 Å². The Kier molecular flexibility index (Phi) is 5.69. The van der Waals surface area contributed by atoms with Crippen LogP contribution < -0.4 is 9.46 Å². The zero-order chi connectivity index (χ0) is 24.0. The van der Waals surface area contributed by atoms with Gasteiger partial charge in [0.15, 0.2) is 6.20 Å². The van der Waals surface area contributed by atoms with Gasteiger partial charge in [-0.25, -0.2) is 0 Å². The molecule has 0 bridgehead atoms. The number of rotatable bonds is 3. The third kappa shape index (κ3) is 4.10. The summed E-state index contributed by atoms with van der Waals surface area (Å²) < 4.78 is 1.98. The van der Waals surface area contributed by atoms with Crippen molar-refractivity contribution in [2.45, 2.75) is 46.5 Å². The molecule has 172 valence electrons. The molecular weight excluding hydrogens is 432 g/mol. The van der Waals surface area contributed by atoms with Crippen LogP contribution in [0.5, 0.6) is 0 Å². The van der Waals surface area contributed by atoms with E-state index in [1.165, 1.54) is 49.2 Å². The predicted octanol–water partition coefficient (Wildman–Crippen LogP) is 7.00. The minimum absolute atomic E-state index is 0.0399. The van der Waals surface area contributed by atoms with Crippen LogP contribution in [-0.4, -0.2) is 6.21 Å². The fourth-order valence-electron chi connectivity index (χ4n) is 4.80. The maximum atomic E-state index is 4.90. The lowest BCUT2D eigenvalue weighted by Crippen LogP contribution is -2.23. The molecule has 3 heterocycles. The van der Waals surface area contributed by atoms with Gasteiger partial charge in [0, 0.05) is 17.7 Å². The summed E-state index contributed by atoms with van der Waals surface area (Å²) in [5.74, 6) is 0.585. The van der Waals surface area contributed by atoms with Gasteiger partial charge < -0.3 is 4.99 Å². The highest BCUT2D eigenvalue weighted by molar-refractivity contribution is 7.10. The Labute approximate surface area is 206 Å². The van der Waals surface area contributed by atoms with Gasteiger partial charge in [0.05, 0.1) is 0 Å². The van der Waals surface area contributed by atoms with Crippen LogP contribution in [0, 0.1) is 18.7 Å². The van der Waals surface area contributed by atoms with Gasteiger partial charge >= 0.3 is 0 Å². The van der Waals surface area contributed by atoms with Crippen LogP contribution in [0.4, 0.5) is 0 Å². The average molecular weight is 465 g/mol. The van der Waals surface area contributed by atoms with E-state index in [0.717, 1.165) is 12.1 Å². The van der Waals surface area contributed by atoms with E-state index in [4.69, 9.17) is 4.99 Å². The Balaban J connectivity index is 1.71. The second kappa shape index (κ2) is 8.56. The summed E-state index contributed by atoms with van der Waals surface area (Å²) in [6.07, 6.45) is 5.13. The summed E-state index contributed by atoms with van der Waals surface area (Å²) in [5, 5.41) is 5.93. The first-order valence-electron chi connectivity index (χ1n) is 12.0. The van der Waals surface area contributed by atoms with Crippen molar-refractivity contribution in [2.75, 3.05) is 0 Å². The maximum Gasteiger partial charge on any atom is 0.217 e. The van der Waals surface area contributed by atoms with E-state index >= 15 is 0 Å². The molecule has 0 radical (unpaired) electrons. The normalized spacial score (nSPS) is 15.3. The summed E-state index contributed by atoms with van der Waals surface area (Å²) >= 11 is 1.79. The minimum Gasteiger partial charge on any atom is -0.386 e. The molecule has 2 aromatic heterocycles. The number of pyridine rings is 1. The molecule has 0 N–H and O–H groups in total. The summed E-state index contributed by atoms with van der Waals surface area (Å²) in [7, 11) is 0. The van der Waals surface area contributed by atoms with E-state index in [9.17, 15) is 0 Å². The van der Waals surface area contributed by atoms with Gasteiger partial charge in [0.1, 0.15) is 6.72 Å². The highest BCUT2D eigenvalue weighted by Gasteiger charge is 2.20. The van der Waals surface area contributed by atoms with Crippen molar-refractivity contribution in [1.82, 2.24) is 0 Å². The number of aliphatic imine (C=N–C) groups is 1. The van der Waals surface area contributed by atoms with Crippen molar-refractivity contribution in [3.8, 4) is 11.3 Å². The quantitative estimate of drug-likeness (QED) is 0.229. The Morgan fingerprint density at radius 1 is 1.06 bits per heavy atom. The monoisotopic (exact) mass is 464 g/mol. The molecule has 1 aliphatic heterocycles. The first-order chi connectivity index (χ1) is 16.2. The number of fused-ring (bicyclic) bond motifs is 2. The van der Waals surface area contributed by atoms with Crippen molar-refractivity contribution in [1.29, 1.82) is 0 Å². The van der Waals surface area contributed by atoms with E-state index in [1.807, 2.05) is 4.24 Å². The highest BCUT2D eigenvalue weighted by atomic mass is 32.1. The van der Waals surface area contributed by atoms with Crippen LogP contribution in [0.3, 0.4) is 0 Å². The molecule has 0 spiro atoms. The summed E-state index contributed by atoms with van der Waals surface area (Å²) in [4.78, 5) is 6.20. The van der Waals surface area contributed by atoms with E-state index in [0.29, 0.717) is 5.92 Å². The van der Waals surface area contributed by atoms with E-state index in [-0.39, 0.29) is 5.41 Å². The SMILES string of the molecule is C=[n+]1ccc(=C2C=N[C-](CC(C)C)c3sccc32)cc1-c1cc(C(C)(C)C)c2ccccc2c1. The molecule has 4 aromatic rings. The molecular formula is C31H32N2S. The second-order valence-corrected chi connectivity index (χ2v) is 11.6. The molecule has 0 aliphatic carbocycles. The zero-order valence-electron chi connectivity index (χ0n) is 20.7. The van der Waals surface area contributed by atoms with Gasteiger partial charge in [-0.3, -0.25) is 0 Å². The second-order valence-electron chi connectivity index (χ2n) is 10.6. The summed E-state index contributed by atoms with van der Waals surface area (Å²) in [6, 6.07) is 21.2. The topological polar surface area (TPSA) is 18.3 Å². The Morgan fingerprint density at radius 3 is 2.62 bits per heavy atom. The molecule has 0 fully saturated rings. The van der Waals surface area contributed by atoms with Crippen LogP contribution in [-0.2, 0) is 5.41 Å². The first-order valence-corrected chi connectivity index (χ1v) is 12.9. The van der Waals surface area contributed by atoms with Gasteiger partial charge in [-0.05, 0) is 44.5 Å². The highest BCUT2D eigenvalue weighted by Crippen LogP contribution is 2.37. The fourth-order valence-corrected chi connectivity index (χ4v) is 5.72. The molecule has 0 saturated carbocycles. The number of aromatic nitrogens is 1. The number of nitrogens with zero attached hydrogens (tertiary/aromatic N) is 2. The number of benzene rings is 2.